The number of amides is 1. The van der Waals surface area contributed by atoms with Crippen LogP contribution in [0, 0.1) is 18.6 Å². The molecular formula is C22H21ClF2N2O3. The van der Waals surface area contributed by atoms with Gasteiger partial charge in [-0.25, -0.2) is 8.78 Å². The molecule has 0 aliphatic heterocycles. The first kappa shape index (κ1) is 21.8. The molecule has 158 valence electrons. The summed E-state index contributed by atoms with van der Waals surface area (Å²) in [5.74, 6) is -4.44. The summed E-state index contributed by atoms with van der Waals surface area (Å²) in [6.45, 7) is 3.51. The molecule has 1 heterocycles. The number of carbonyl (C=O) groups is 2. The van der Waals surface area contributed by atoms with Crippen molar-refractivity contribution in [3.63, 3.8) is 0 Å². The first-order chi connectivity index (χ1) is 14.2. The van der Waals surface area contributed by atoms with E-state index < -0.39 is 35.1 Å². The lowest BCUT2D eigenvalue weighted by molar-refractivity contribution is -0.119. The second-order valence-electron chi connectivity index (χ2n) is 7.16. The third-order valence-electron chi connectivity index (χ3n) is 5.24. The molecule has 1 amide bonds. The molecule has 5 nitrogen and oxygen atoms in total. The summed E-state index contributed by atoms with van der Waals surface area (Å²) in [5, 5.41) is 9.73. The number of unbranched alkanes of at least 4 members (excludes halogenated alkanes) is 1. The van der Waals surface area contributed by atoms with Gasteiger partial charge in [-0.3, -0.25) is 14.2 Å². The molecule has 1 unspecified atom stereocenters. The zero-order valence-corrected chi connectivity index (χ0v) is 17.3. The van der Waals surface area contributed by atoms with E-state index in [4.69, 9.17) is 17.3 Å². The number of rotatable bonds is 6. The molecule has 3 aromatic rings. The average molecular weight is 435 g/mol. The van der Waals surface area contributed by atoms with E-state index >= 15 is 0 Å². The quantitative estimate of drug-likeness (QED) is 0.570. The van der Waals surface area contributed by atoms with Gasteiger partial charge in [-0.2, -0.15) is 0 Å². The number of benzene rings is 2. The van der Waals surface area contributed by atoms with E-state index in [2.05, 4.69) is 0 Å². The molecule has 1 atom stereocenters. The van der Waals surface area contributed by atoms with E-state index in [-0.39, 0.29) is 27.1 Å². The number of fused-ring (bicyclic) bond motifs is 1. The van der Waals surface area contributed by atoms with Crippen LogP contribution in [-0.2, 0) is 4.79 Å². The van der Waals surface area contributed by atoms with Gasteiger partial charge in [-0.15, -0.1) is 0 Å². The number of phenols is 1. The molecular weight excluding hydrogens is 414 g/mol. The van der Waals surface area contributed by atoms with Crippen LogP contribution in [0.3, 0.4) is 0 Å². The van der Waals surface area contributed by atoms with Crippen LogP contribution in [-0.4, -0.2) is 21.5 Å². The maximum atomic E-state index is 15.0. The summed E-state index contributed by atoms with van der Waals surface area (Å²) in [5.41, 5.74) is 6.32. The molecule has 0 radical (unpaired) electrons. The number of phenolic OH excluding ortho intramolecular Hbond substituents is 1. The number of nitrogens with two attached hydrogens (primary N) is 1. The Hall–Kier alpha value is -2.93. The largest absolute Gasteiger partial charge is 0.505 e. The van der Waals surface area contributed by atoms with Crippen molar-refractivity contribution in [2.45, 2.75) is 39.0 Å². The standard InChI is InChI=1S/C22H21ClF2N2O3/c1-3-4-5-13(21(26)29)18-11(2)27(16-8-9-17(28)20(25)19(16)18)22(30)12-6-7-14(23)15(24)10-12/h6-10,13,28H,3-5H2,1-2H3,(H2,26,29). The molecule has 8 heteroatoms. The van der Waals surface area contributed by atoms with Crippen molar-refractivity contribution in [2.75, 3.05) is 0 Å². The molecule has 0 saturated carbocycles. The Morgan fingerprint density at radius 2 is 1.93 bits per heavy atom. The molecule has 0 aliphatic rings. The number of halogens is 3. The van der Waals surface area contributed by atoms with Crippen molar-refractivity contribution >= 4 is 34.3 Å². The first-order valence-electron chi connectivity index (χ1n) is 9.50. The molecule has 2 aromatic carbocycles. The lowest BCUT2D eigenvalue weighted by atomic mass is 9.90. The Balaban J connectivity index is 2.32. The minimum atomic E-state index is -0.942. The van der Waals surface area contributed by atoms with Crippen LogP contribution in [0.15, 0.2) is 30.3 Å². The van der Waals surface area contributed by atoms with Crippen molar-refractivity contribution in [3.05, 3.63) is 63.8 Å². The lowest BCUT2D eigenvalue weighted by Gasteiger charge is -2.15. The fourth-order valence-corrected chi connectivity index (χ4v) is 3.88. The highest BCUT2D eigenvalue weighted by Crippen LogP contribution is 2.39. The predicted molar refractivity (Wildman–Crippen MR) is 111 cm³/mol. The van der Waals surface area contributed by atoms with E-state index in [1.807, 2.05) is 6.92 Å². The van der Waals surface area contributed by atoms with E-state index in [0.717, 1.165) is 18.6 Å². The van der Waals surface area contributed by atoms with Crippen LogP contribution in [0.2, 0.25) is 5.02 Å². The molecule has 30 heavy (non-hydrogen) atoms. The summed E-state index contributed by atoms with van der Waals surface area (Å²) in [7, 11) is 0. The van der Waals surface area contributed by atoms with Gasteiger partial charge in [-0.1, -0.05) is 31.4 Å². The fourth-order valence-electron chi connectivity index (χ4n) is 3.76. The second-order valence-corrected chi connectivity index (χ2v) is 7.57. The molecule has 0 saturated heterocycles. The molecule has 0 aliphatic carbocycles. The van der Waals surface area contributed by atoms with Crippen LogP contribution in [0.1, 0.15) is 53.7 Å². The summed E-state index contributed by atoms with van der Waals surface area (Å²) >= 11 is 5.70. The minimum absolute atomic E-state index is 0.00103. The Morgan fingerprint density at radius 3 is 2.53 bits per heavy atom. The SMILES string of the molecule is CCCCC(C(N)=O)c1c(C)n(C(=O)c2ccc(Cl)c(F)c2)c2ccc(O)c(F)c12. The Morgan fingerprint density at radius 1 is 1.23 bits per heavy atom. The second kappa shape index (κ2) is 8.44. The van der Waals surface area contributed by atoms with Gasteiger partial charge in [-0.05, 0) is 49.2 Å². The van der Waals surface area contributed by atoms with E-state index in [1.54, 1.807) is 6.92 Å². The molecule has 0 spiro atoms. The summed E-state index contributed by atoms with van der Waals surface area (Å²) < 4.78 is 30.1. The van der Waals surface area contributed by atoms with Crippen LogP contribution in [0.25, 0.3) is 10.9 Å². The van der Waals surface area contributed by atoms with Gasteiger partial charge in [0.2, 0.25) is 5.91 Å². The fraction of sp³-hybridized carbons (Fsp3) is 0.273. The highest BCUT2D eigenvalue weighted by molar-refractivity contribution is 6.30. The lowest BCUT2D eigenvalue weighted by Crippen LogP contribution is -2.23. The van der Waals surface area contributed by atoms with E-state index in [1.165, 1.54) is 22.8 Å². The maximum absolute atomic E-state index is 15.0. The smallest absolute Gasteiger partial charge is 0.262 e. The van der Waals surface area contributed by atoms with Crippen LogP contribution < -0.4 is 5.73 Å². The monoisotopic (exact) mass is 434 g/mol. The van der Waals surface area contributed by atoms with Gasteiger partial charge in [0.25, 0.3) is 5.91 Å². The number of nitrogens with zero attached hydrogens (tertiary/aromatic N) is 1. The van der Waals surface area contributed by atoms with Gasteiger partial charge in [0, 0.05) is 16.6 Å². The molecule has 0 fully saturated rings. The molecule has 1 aromatic heterocycles. The highest BCUT2D eigenvalue weighted by atomic mass is 35.5. The highest BCUT2D eigenvalue weighted by Gasteiger charge is 2.30. The minimum Gasteiger partial charge on any atom is -0.505 e. The average Bonchev–Trinajstić information content (AvgIpc) is 2.99. The summed E-state index contributed by atoms with van der Waals surface area (Å²) in [4.78, 5) is 25.4. The normalized spacial score (nSPS) is 12.3. The van der Waals surface area contributed by atoms with E-state index in [9.17, 15) is 23.5 Å². The number of aromatic hydroxyl groups is 1. The first-order valence-corrected chi connectivity index (χ1v) is 9.88. The third kappa shape index (κ3) is 3.65. The van der Waals surface area contributed by atoms with Gasteiger partial charge >= 0.3 is 0 Å². The summed E-state index contributed by atoms with van der Waals surface area (Å²) in [6.07, 6.45) is 1.82. The number of carbonyl (C=O) groups excluding carboxylic acids is 2. The van der Waals surface area contributed by atoms with Gasteiger partial charge in [0.15, 0.2) is 11.6 Å². The molecule has 3 N–H and O–H groups in total. The van der Waals surface area contributed by atoms with Gasteiger partial charge < -0.3 is 10.8 Å². The predicted octanol–water partition coefficient (Wildman–Crippen LogP) is 5.03. The van der Waals surface area contributed by atoms with Crippen molar-refractivity contribution in [2.24, 2.45) is 5.73 Å². The van der Waals surface area contributed by atoms with Crippen LogP contribution >= 0.6 is 11.6 Å². The summed E-state index contributed by atoms with van der Waals surface area (Å²) in [6, 6.07) is 6.11. The zero-order valence-electron chi connectivity index (χ0n) is 16.5. The third-order valence-corrected chi connectivity index (χ3v) is 5.55. The Labute approximate surface area is 177 Å². The Bertz CT molecular complexity index is 1160. The number of primary amides is 1. The molecule has 0 bridgehead atoms. The van der Waals surface area contributed by atoms with Gasteiger partial charge in [0.05, 0.1) is 16.5 Å². The van der Waals surface area contributed by atoms with Crippen LogP contribution in [0.4, 0.5) is 8.78 Å². The number of aromatic nitrogens is 1. The molecule has 3 rings (SSSR count). The van der Waals surface area contributed by atoms with Crippen LogP contribution in [0.5, 0.6) is 5.75 Å². The van der Waals surface area contributed by atoms with E-state index in [0.29, 0.717) is 18.5 Å². The van der Waals surface area contributed by atoms with Crippen molar-refractivity contribution in [3.8, 4) is 5.75 Å². The van der Waals surface area contributed by atoms with Crippen molar-refractivity contribution in [1.29, 1.82) is 0 Å². The number of hydrogen-bond acceptors (Lipinski definition) is 3. The van der Waals surface area contributed by atoms with Crippen molar-refractivity contribution in [1.82, 2.24) is 4.57 Å². The van der Waals surface area contributed by atoms with Crippen molar-refractivity contribution < 1.29 is 23.5 Å². The van der Waals surface area contributed by atoms with Gasteiger partial charge in [0.1, 0.15) is 5.82 Å². The maximum Gasteiger partial charge on any atom is 0.262 e. The zero-order chi connectivity index (χ0) is 22.2. The topological polar surface area (TPSA) is 85.3 Å². The Kier molecular flexibility index (Phi) is 6.12. The number of hydrogen-bond donors (Lipinski definition) is 2.